The van der Waals surface area contributed by atoms with E-state index < -0.39 is 5.25 Å². The van der Waals surface area contributed by atoms with Crippen LogP contribution in [-0.2, 0) is 16.1 Å². The van der Waals surface area contributed by atoms with Gasteiger partial charge in [-0.1, -0.05) is 23.9 Å². The number of thioether (sulfide) groups is 1. The van der Waals surface area contributed by atoms with Gasteiger partial charge in [-0.3, -0.25) is 14.2 Å². The molecule has 0 fully saturated rings. The molecule has 0 amide bonds. The highest BCUT2D eigenvalue weighted by atomic mass is 32.2. The van der Waals surface area contributed by atoms with E-state index >= 15 is 0 Å². The van der Waals surface area contributed by atoms with Crippen molar-refractivity contribution < 1.29 is 9.53 Å². The van der Waals surface area contributed by atoms with Crippen LogP contribution in [-0.4, -0.2) is 27.9 Å². The molecule has 5 nitrogen and oxygen atoms in total. The summed E-state index contributed by atoms with van der Waals surface area (Å²) in [6.45, 7) is 4.12. The summed E-state index contributed by atoms with van der Waals surface area (Å²) >= 11 is 1.23. The molecule has 0 spiro atoms. The Morgan fingerprint density at radius 2 is 2.15 bits per heavy atom. The lowest BCUT2D eigenvalue weighted by Crippen LogP contribution is -2.24. The molecule has 0 saturated heterocycles. The molecule has 0 aliphatic heterocycles. The molecule has 0 bridgehead atoms. The number of fused-ring (bicyclic) bond motifs is 1. The number of hydrogen-bond acceptors (Lipinski definition) is 5. The molecule has 0 aliphatic carbocycles. The third-order valence-corrected chi connectivity index (χ3v) is 4.03. The fourth-order valence-corrected chi connectivity index (χ4v) is 2.89. The number of para-hydroxylation sites is 1. The predicted octanol–water partition coefficient (Wildman–Crippen LogP) is 2.07. The van der Waals surface area contributed by atoms with Crippen molar-refractivity contribution in [2.75, 3.05) is 7.11 Å². The smallest absolute Gasteiger partial charge is 0.318 e. The summed E-state index contributed by atoms with van der Waals surface area (Å²) in [6, 6.07) is 7.21. The van der Waals surface area contributed by atoms with Crippen molar-refractivity contribution in [1.82, 2.24) is 9.55 Å². The second-order valence-corrected chi connectivity index (χ2v) is 5.55. The second kappa shape index (κ2) is 6.09. The van der Waals surface area contributed by atoms with Crippen LogP contribution < -0.4 is 5.56 Å². The van der Waals surface area contributed by atoms with Gasteiger partial charge in [0.2, 0.25) is 0 Å². The van der Waals surface area contributed by atoms with Gasteiger partial charge in [-0.05, 0) is 26.0 Å². The minimum absolute atomic E-state index is 0.0855. The van der Waals surface area contributed by atoms with Gasteiger partial charge in [0.25, 0.3) is 5.56 Å². The molecule has 1 aromatic heterocycles. The lowest BCUT2D eigenvalue weighted by atomic mass is 10.2. The molecule has 0 radical (unpaired) electrons. The zero-order chi connectivity index (χ0) is 14.7. The van der Waals surface area contributed by atoms with Gasteiger partial charge in [-0.25, -0.2) is 4.98 Å². The number of methoxy groups -OCH3 is 1. The molecule has 0 N–H and O–H groups in total. The number of aromatic nitrogens is 2. The molecule has 1 unspecified atom stereocenters. The Morgan fingerprint density at radius 1 is 1.45 bits per heavy atom. The van der Waals surface area contributed by atoms with Gasteiger partial charge < -0.3 is 4.74 Å². The molecule has 1 heterocycles. The van der Waals surface area contributed by atoms with Gasteiger partial charge in [0.1, 0.15) is 5.25 Å². The standard InChI is InChI=1S/C14H16N2O3S/c1-4-16-12(17)10-7-5-6-8-11(10)15-14(16)20-9(2)13(18)19-3/h5-9H,4H2,1-3H3. The van der Waals surface area contributed by atoms with Crippen LogP contribution in [0.4, 0.5) is 0 Å². The normalized spacial score (nSPS) is 12.3. The fraction of sp³-hybridized carbons (Fsp3) is 0.357. The Morgan fingerprint density at radius 3 is 2.80 bits per heavy atom. The number of esters is 1. The van der Waals surface area contributed by atoms with E-state index in [-0.39, 0.29) is 11.5 Å². The molecule has 1 aromatic carbocycles. The van der Waals surface area contributed by atoms with E-state index in [2.05, 4.69) is 4.98 Å². The average Bonchev–Trinajstić information content (AvgIpc) is 2.46. The highest BCUT2D eigenvalue weighted by Crippen LogP contribution is 2.23. The summed E-state index contributed by atoms with van der Waals surface area (Å²) in [4.78, 5) is 28.4. The first kappa shape index (κ1) is 14.6. The van der Waals surface area contributed by atoms with Crippen molar-refractivity contribution in [3.8, 4) is 0 Å². The third kappa shape index (κ3) is 2.70. The zero-order valence-electron chi connectivity index (χ0n) is 11.6. The number of carbonyl (C=O) groups is 1. The van der Waals surface area contributed by atoms with Gasteiger partial charge >= 0.3 is 5.97 Å². The molecular weight excluding hydrogens is 276 g/mol. The second-order valence-electron chi connectivity index (χ2n) is 4.24. The van der Waals surface area contributed by atoms with Crippen molar-refractivity contribution >= 4 is 28.6 Å². The van der Waals surface area contributed by atoms with Gasteiger partial charge in [0.15, 0.2) is 5.16 Å². The van der Waals surface area contributed by atoms with Crippen LogP contribution in [0.3, 0.4) is 0 Å². The topological polar surface area (TPSA) is 61.2 Å². The number of ether oxygens (including phenoxy) is 1. The van der Waals surface area contributed by atoms with Gasteiger partial charge in [-0.2, -0.15) is 0 Å². The molecule has 1 atom stereocenters. The minimum Gasteiger partial charge on any atom is -0.468 e. The summed E-state index contributed by atoms with van der Waals surface area (Å²) in [6.07, 6.45) is 0. The Bertz CT molecular complexity index is 696. The van der Waals surface area contributed by atoms with Crippen LogP contribution in [0.5, 0.6) is 0 Å². The van der Waals surface area contributed by atoms with Gasteiger partial charge in [-0.15, -0.1) is 0 Å². The van der Waals surface area contributed by atoms with Crippen LogP contribution in [0, 0.1) is 0 Å². The summed E-state index contributed by atoms with van der Waals surface area (Å²) < 4.78 is 6.28. The molecule has 2 rings (SSSR count). The van der Waals surface area contributed by atoms with Crippen molar-refractivity contribution in [3.63, 3.8) is 0 Å². The number of nitrogens with zero attached hydrogens (tertiary/aromatic N) is 2. The van der Waals surface area contributed by atoms with Crippen molar-refractivity contribution in [2.24, 2.45) is 0 Å². The quantitative estimate of drug-likeness (QED) is 0.490. The van der Waals surface area contributed by atoms with E-state index in [1.165, 1.54) is 18.9 Å². The van der Waals surface area contributed by atoms with Crippen molar-refractivity contribution in [3.05, 3.63) is 34.6 Å². The Labute approximate surface area is 121 Å². The zero-order valence-corrected chi connectivity index (χ0v) is 12.4. The third-order valence-electron chi connectivity index (χ3n) is 2.96. The maximum Gasteiger partial charge on any atom is 0.318 e. The molecule has 0 aliphatic rings. The summed E-state index contributed by atoms with van der Waals surface area (Å²) in [5.41, 5.74) is 0.555. The van der Waals surface area contributed by atoms with Gasteiger partial charge in [0.05, 0.1) is 18.0 Å². The van der Waals surface area contributed by atoms with E-state index in [0.717, 1.165) is 0 Å². The first-order valence-corrected chi connectivity index (χ1v) is 7.20. The lowest BCUT2D eigenvalue weighted by molar-refractivity contribution is -0.139. The number of rotatable bonds is 4. The molecule has 2 aromatic rings. The summed E-state index contributed by atoms with van der Waals surface area (Å²) in [7, 11) is 1.35. The monoisotopic (exact) mass is 292 g/mol. The Balaban J connectivity index is 2.52. The van der Waals surface area contributed by atoms with Crippen LogP contribution in [0.1, 0.15) is 13.8 Å². The highest BCUT2D eigenvalue weighted by Gasteiger charge is 2.19. The van der Waals surface area contributed by atoms with E-state index in [9.17, 15) is 9.59 Å². The SMILES string of the molecule is CCn1c(SC(C)C(=O)OC)nc2ccccc2c1=O. The summed E-state index contributed by atoms with van der Waals surface area (Å²) in [5.74, 6) is -0.333. The first-order valence-electron chi connectivity index (χ1n) is 6.32. The van der Waals surface area contributed by atoms with Crippen molar-refractivity contribution in [1.29, 1.82) is 0 Å². The molecular formula is C14H16N2O3S. The molecule has 6 heteroatoms. The van der Waals surface area contributed by atoms with E-state index in [4.69, 9.17) is 4.74 Å². The average molecular weight is 292 g/mol. The van der Waals surface area contributed by atoms with Crippen LogP contribution >= 0.6 is 11.8 Å². The van der Waals surface area contributed by atoms with Gasteiger partial charge in [0, 0.05) is 6.54 Å². The molecule has 0 saturated carbocycles. The maximum absolute atomic E-state index is 12.4. The Hall–Kier alpha value is -1.82. The number of hydrogen-bond donors (Lipinski definition) is 0. The first-order chi connectivity index (χ1) is 9.58. The van der Waals surface area contributed by atoms with Crippen LogP contribution in [0.2, 0.25) is 0 Å². The van der Waals surface area contributed by atoms with Crippen molar-refractivity contribution in [2.45, 2.75) is 30.8 Å². The number of benzene rings is 1. The highest BCUT2D eigenvalue weighted by molar-refractivity contribution is 8.00. The van der Waals surface area contributed by atoms with E-state index in [1.54, 1.807) is 23.6 Å². The van der Waals surface area contributed by atoms with Crippen LogP contribution in [0.25, 0.3) is 10.9 Å². The van der Waals surface area contributed by atoms with E-state index in [1.807, 2.05) is 19.1 Å². The summed E-state index contributed by atoms with van der Waals surface area (Å²) in [5, 5.41) is 0.712. The Kier molecular flexibility index (Phi) is 4.44. The van der Waals surface area contributed by atoms with Crippen LogP contribution in [0.15, 0.2) is 34.2 Å². The minimum atomic E-state index is -0.411. The maximum atomic E-state index is 12.4. The number of carbonyl (C=O) groups excluding carboxylic acids is 1. The predicted molar refractivity (Wildman–Crippen MR) is 79.0 cm³/mol. The largest absolute Gasteiger partial charge is 0.468 e. The fourth-order valence-electron chi connectivity index (χ4n) is 1.89. The lowest BCUT2D eigenvalue weighted by Gasteiger charge is -2.13. The van der Waals surface area contributed by atoms with E-state index in [0.29, 0.717) is 22.6 Å². The molecule has 106 valence electrons. The molecule has 20 heavy (non-hydrogen) atoms.